The van der Waals surface area contributed by atoms with Crippen molar-refractivity contribution in [3.05, 3.63) is 35.6 Å². The Labute approximate surface area is 152 Å². The molecule has 1 fully saturated rings. The van der Waals surface area contributed by atoms with Crippen LogP contribution in [0, 0.1) is 11.7 Å². The Hall–Kier alpha value is -2.44. The molecule has 1 aliphatic heterocycles. The second kappa shape index (κ2) is 9.31. The van der Waals surface area contributed by atoms with E-state index in [1.807, 2.05) is 0 Å². The zero-order valence-corrected chi connectivity index (χ0v) is 15.1. The van der Waals surface area contributed by atoms with Gasteiger partial charge in [-0.2, -0.15) is 0 Å². The van der Waals surface area contributed by atoms with Gasteiger partial charge in [0.2, 0.25) is 0 Å². The molecule has 1 aliphatic rings. The number of esters is 1. The summed E-state index contributed by atoms with van der Waals surface area (Å²) in [6.45, 7) is 2.27. The van der Waals surface area contributed by atoms with E-state index in [-0.39, 0.29) is 36.6 Å². The van der Waals surface area contributed by atoms with Crippen molar-refractivity contribution in [2.75, 3.05) is 20.3 Å². The molecule has 1 aromatic carbocycles. The molecule has 2 atom stereocenters. The Bertz CT molecular complexity index is 663. The quantitative estimate of drug-likeness (QED) is 0.572. The van der Waals surface area contributed by atoms with E-state index in [1.165, 1.54) is 19.2 Å². The van der Waals surface area contributed by atoms with Gasteiger partial charge in [0.05, 0.1) is 13.7 Å². The van der Waals surface area contributed by atoms with E-state index in [4.69, 9.17) is 9.47 Å². The van der Waals surface area contributed by atoms with Crippen molar-refractivity contribution >= 4 is 17.8 Å². The molecule has 26 heavy (non-hydrogen) atoms. The summed E-state index contributed by atoms with van der Waals surface area (Å²) in [6.07, 6.45) is 0.554. The average molecular weight is 365 g/mol. The monoisotopic (exact) mass is 365 g/mol. The molecule has 1 amide bonds. The minimum atomic E-state index is -0.533. The van der Waals surface area contributed by atoms with Crippen molar-refractivity contribution in [2.45, 2.75) is 38.6 Å². The molecule has 0 saturated carbocycles. The van der Waals surface area contributed by atoms with Crippen molar-refractivity contribution in [1.29, 1.82) is 0 Å². The number of halogens is 1. The summed E-state index contributed by atoms with van der Waals surface area (Å²) in [5, 5.41) is 0. The molecular weight excluding hydrogens is 341 g/mol. The third-order valence-corrected chi connectivity index (χ3v) is 4.56. The van der Waals surface area contributed by atoms with E-state index in [0.29, 0.717) is 25.8 Å². The van der Waals surface area contributed by atoms with Crippen LogP contribution in [0.4, 0.5) is 9.18 Å². The van der Waals surface area contributed by atoms with Gasteiger partial charge < -0.3 is 14.4 Å². The number of ether oxygens (including phenoxy) is 2. The molecule has 0 bridgehead atoms. The predicted molar refractivity (Wildman–Crippen MR) is 92.0 cm³/mol. The van der Waals surface area contributed by atoms with Gasteiger partial charge >= 0.3 is 12.1 Å². The summed E-state index contributed by atoms with van der Waals surface area (Å²) >= 11 is 0. The van der Waals surface area contributed by atoms with Crippen molar-refractivity contribution in [2.24, 2.45) is 5.92 Å². The van der Waals surface area contributed by atoms with Gasteiger partial charge in [-0.25, -0.2) is 9.18 Å². The highest BCUT2D eigenvalue weighted by atomic mass is 19.1. The summed E-state index contributed by atoms with van der Waals surface area (Å²) in [6, 6.07) is 5.87. The third kappa shape index (κ3) is 5.28. The van der Waals surface area contributed by atoms with Gasteiger partial charge in [0.1, 0.15) is 18.0 Å². The SMILES string of the molecule is CCOC(=O)CC(=O)[C@@H]1CCN(C(=O)OC)[C@H](Cc2cccc(F)c2)C1. The largest absolute Gasteiger partial charge is 0.466 e. The number of ketones is 1. The van der Waals surface area contributed by atoms with Gasteiger partial charge in [-0.1, -0.05) is 12.1 Å². The number of nitrogens with zero attached hydrogens (tertiary/aromatic N) is 1. The second-order valence-corrected chi connectivity index (χ2v) is 6.32. The first-order chi connectivity index (χ1) is 12.4. The number of carbonyl (C=O) groups excluding carboxylic acids is 3. The van der Waals surface area contributed by atoms with Crippen LogP contribution in [-0.2, 0) is 25.5 Å². The number of carbonyl (C=O) groups is 3. The normalized spacial score (nSPS) is 19.7. The minimum Gasteiger partial charge on any atom is -0.466 e. The van der Waals surface area contributed by atoms with E-state index in [0.717, 1.165) is 5.56 Å². The first-order valence-corrected chi connectivity index (χ1v) is 8.72. The van der Waals surface area contributed by atoms with Crippen molar-refractivity contribution in [1.82, 2.24) is 4.90 Å². The maximum Gasteiger partial charge on any atom is 0.409 e. The number of Topliss-reactive ketones (excluding diaryl/α,β-unsaturated/α-hetero) is 1. The molecular formula is C19H24FNO5. The summed E-state index contributed by atoms with van der Waals surface area (Å²) in [5.74, 6) is -1.40. The molecule has 7 heteroatoms. The van der Waals surface area contributed by atoms with Gasteiger partial charge in [0.25, 0.3) is 0 Å². The van der Waals surface area contributed by atoms with Gasteiger partial charge in [0, 0.05) is 18.5 Å². The van der Waals surface area contributed by atoms with Crippen LogP contribution in [0.2, 0.25) is 0 Å². The topological polar surface area (TPSA) is 72.9 Å². The molecule has 1 saturated heterocycles. The van der Waals surface area contributed by atoms with Crippen LogP contribution in [0.15, 0.2) is 24.3 Å². The summed E-state index contributed by atoms with van der Waals surface area (Å²) in [7, 11) is 1.31. The lowest BCUT2D eigenvalue weighted by Gasteiger charge is -2.38. The maximum atomic E-state index is 13.5. The molecule has 142 valence electrons. The van der Waals surface area contributed by atoms with Crippen LogP contribution in [-0.4, -0.2) is 49.0 Å². The Morgan fingerprint density at radius 1 is 1.31 bits per heavy atom. The van der Waals surface area contributed by atoms with Gasteiger partial charge in [0.15, 0.2) is 0 Å². The molecule has 1 heterocycles. The van der Waals surface area contributed by atoms with Crippen LogP contribution >= 0.6 is 0 Å². The third-order valence-electron chi connectivity index (χ3n) is 4.56. The Morgan fingerprint density at radius 2 is 2.08 bits per heavy atom. The smallest absolute Gasteiger partial charge is 0.409 e. The number of benzene rings is 1. The maximum absolute atomic E-state index is 13.5. The fourth-order valence-electron chi connectivity index (χ4n) is 3.33. The van der Waals surface area contributed by atoms with Gasteiger partial charge in [-0.3, -0.25) is 9.59 Å². The second-order valence-electron chi connectivity index (χ2n) is 6.32. The van der Waals surface area contributed by atoms with E-state index in [9.17, 15) is 18.8 Å². The van der Waals surface area contributed by atoms with Crippen molar-refractivity contribution in [3.8, 4) is 0 Å². The van der Waals surface area contributed by atoms with Crippen LogP contribution in [0.3, 0.4) is 0 Å². The Kier molecular flexibility index (Phi) is 7.12. The van der Waals surface area contributed by atoms with Crippen LogP contribution < -0.4 is 0 Å². The van der Waals surface area contributed by atoms with E-state index in [1.54, 1.807) is 24.0 Å². The van der Waals surface area contributed by atoms with E-state index in [2.05, 4.69) is 0 Å². The molecule has 2 rings (SSSR count). The fourth-order valence-corrected chi connectivity index (χ4v) is 3.33. The van der Waals surface area contributed by atoms with Crippen LogP contribution in [0.25, 0.3) is 0 Å². The molecule has 6 nitrogen and oxygen atoms in total. The standard InChI is InChI=1S/C19H24FNO5/c1-3-26-18(23)12-17(22)14-7-8-21(19(24)25-2)16(11-14)10-13-5-4-6-15(20)9-13/h4-6,9,14,16H,3,7-8,10-12H2,1-2H3/t14-,16-/m1/s1. The number of hydrogen-bond donors (Lipinski definition) is 0. The summed E-state index contributed by atoms with van der Waals surface area (Å²) in [4.78, 5) is 37.6. The van der Waals surface area contributed by atoms with Gasteiger partial charge in [-0.15, -0.1) is 0 Å². The predicted octanol–water partition coefficient (Wildman–Crippen LogP) is 2.74. The van der Waals surface area contributed by atoms with E-state index >= 15 is 0 Å². The number of hydrogen-bond acceptors (Lipinski definition) is 5. The number of piperidine rings is 1. The lowest BCUT2D eigenvalue weighted by molar-refractivity contribution is -0.146. The zero-order chi connectivity index (χ0) is 19.1. The lowest BCUT2D eigenvalue weighted by Crippen LogP contribution is -2.48. The first-order valence-electron chi connectivity index (χ1n) is 8.72. The van der Waals surface area contributed by atoms with Crippen molar-refractivity contribution < 1.29 is 28.2 Å². The lowest BCUT2D eigenvalue weighted by atomic mass is 9.84. The molecule has 0 aliphatic carbocycles. The summed E-state index contributed by atoms with van der Waals surface area (Å²) in [5.41, 5.74) is 0.738. The molecule has 0 spiro atoms. The highest BCUT2D eigenvalue weighted by molar-refractivity contribution is 5.96. The molecule has 0 N–H and O–H groups in total. The summed E-state index contributed by atoms with van der Waals surface area (Å²) < 4.78 is 23.1. The highest BCUT2D eigenvalue weighted by Crippen LogP contribution is 2.28. The molecule has 1 aromatic rings. The first kappa shape index (κ1) is 19.9. The van der Waals surface area contributed by atoms with E-state index < -0.39 is 12.1 Å². The van der Waals surface area contributed by atoms with Gasteiger partial charge in [-0.05, 0) is 43.9 Å². The van der Waals surface area contributed by atoms with Crippen LogP contribution in [0.5, 0.6) is 0 Å². The number of methoxy groups -OCH3 is 1. The number of rotatable bonds is 6. The number of amides is 1. The minimum absolute atomic E-state index is 0.183. The van der Waals surface area contributed by atoms with Crippen LogP contribution in [0.1, 0.15) is 31.7 Å². The van der Waals surface area contributed by atoms with Crippen molar-refractivity contribution in [3.63, 3.8) is 0 Å². The Morgan fingerprint density at radius 3 is 2.73 bits per heavy atom. The number of likely N-dealkylation sites (tertiary alicyclic amines) is 1. The molecule has 0 radical (unpaired) electrons. The molecule has 0 unspecified atom stereocenters. The highest BCUT2D eigenvalue weighted by Gasteiger charge is 2.35. The fraction of sp³-hybridized carbons (Fsp3) is 0.526. The average Bonchev–Trinajstić information content (AvgIpc) is 2.61. The Balaban J connectivity index is 2.09. The zero-order valence-electron chi connectivity index (χ0n) is 15.1. The molecule has 0 aromatic heterocycles.